The lowest BCUT2D eigenvalue weighted by Gasteiger charge is -2.40. The zero-order valence-corrected chi connectivity index (χ0v) is 19.1. The van der Waals surface area contributed by atoms with Crippen LogP contribution in [-0.4, -0.2) is 66.0 Å². The third kappa shape index (κ3) is 6.22. The predicted molar refractivity (Wildman–Crippen MR) is 124 cm³/mol. The second-order valence-corrected chi connectivity index (χ2v) is 8.88. The largest absolute Gasteiger partial charge is 0.497 e. The van der Waals surface area contributed by atoms with Crippen molar-refractivity contribution in [2.75, 3.05) is 39.3 Å². The smallest absolute Gasteiger partial charge is 0.232 e. The molecule has 0 radical (unpaired) electrons. The minimum absolute atomic E-state index is 0.270. The van der Waals surface area contributed by atoms with Crippen LogP contribution in [0.25, 0.3) is 0 Å². The van der Waals surface area contributed by atoms with Gasteiger partial charge in [-0.2, -0.15) is 11.8 Å². The second-order valence-electron chi connectivity index (χ2n) is 8.01. The lowest BCUT2D eigenvalue weighted by molar-refractivity contribution is -0.130. The zero-order chi connectivity index (χ0) is 21.3. The van der Waals surface area contributed by atoms with Crippen molar-refractivity contribution in [2.45, 2.75) is 31.8 Å². The van der Waals surface area contributed by atoms with E-state index in [0.717, 1.165) is 50.3 Å². The number of aromatic nitrogens is 1. The van der Waals surface area contributed by atoms with E-state index in [2.05, 4.69) is 41.2 Å². The van der Waals surface area contributed by atoms with E-state index >= 15 is 0 Å². The Morgan fingerprint density at radius 2 is 2.07 bits per heavy atom. The minimum atomic E-state index is 0.270. The summed E-state index contributed by atoms with van der Waals surface area (Å²) >= 11 is 1.60. The number of likely N-dealkylation sites (N-methyl/N-ethyl adjacent to an activating group) is 1. The highest BCUT2D eigenvalue weighted by Gasteiger charge is 2.31. The molecule has 0 unspecified atom stereocenters. The van der Waals surface area contributed by atoms with E-state index in [1.165, 1.54) is 5.56 Å². The van der Waals surface area contributed by atoms with E-state index < -0.39 is 0 Å². The Hall–Kier alpha value is -2.05. The molecule has 3 rings (SSSR count). The maximum atomic E-state index is 12.3. The summed E-state index contributed by atoms with van der Waals surface area (Å²) in [5.74, 6) is 2.30. The van der Waals surface area contributed by atoms with Crippen LogP contribution in [0.2, 0.25) is 0 Å². The lowest BCUT2D eigenvalue weighted by Crippen LogP contribution is -2.47. The van der Waals surface area contributed by atoms with Crippen molar-refractivity contribution in [1.29, 1.82) is 0 Å². The van der Waals surface area contributed by atoms with Crippen LogP contribution in [0.1, 0.15) is 24.1 Å². The minimum Gasteiger partial charge on any atom is -0.497 e. The fourth-order valence-electron chi connectivity index (χ4n) is 4.34. The molecule has 1 aromatic carbocycles. The Kier molecular flexibility index (Phi) is 8.58. The Balaban J connectivity index is 1.72. The molecule has 0 bridgehead atoms. The molecule has 0 N–H and O–H groups in total. The molecule has 1 aliphatic heterocycles. The normalized spacial score (nSPS) is 15.9. The molecular formula is C24H33N3O2S. The Morgan fingerprint density at radius 1 is 1.27 bits per heavy atom. The molecule has 2 aromatic rings. The van der Waals surface area contributed by atoms with Gasteiger partial charge in [0.2, 0.25) is 5.91 Å². The van der Waals surface area contributed by atoms with Gasteiger partial charge >= 0.3 is 0 Å². The van der Waals surface area contributed by atoms with Gasteiger partial charge in [0.15, 0.2) is 0 Å². The number of nitrogens with zero attached hydrogens (tertiary/aromatic N) is 3. The van der Waals surface area contributed by atoms with Crippen molar-refractivity contribution in [1.82, 2.24) is 14.8 Å². The number of carbonyl (C=O) groups is 1. The van der Waals surface area contributed by atoms with Gasteiger partial charge in [0.1, 0.15) is 5.75 Å². The molecule has 162 valence electrons. The average Bonchev–Trinajstić information content (AvgIpc) is 2.78. The van der Waals surface area contributed by atoms with Gasteiger partial charge in [-0.3, -0.25) is 14.7 Å². The van der Waals surface area contributed by atoms with Crippen LogP contribution in [0.15, 0.2) is 48.7 Å². The number of thioether (sulfide) groups is 1. The first-order valence-corrected chi connectivity index (χ1v) is 12.0. The van der Waals surface area contributed by atoms with Gasteiger partial charge in [-0.25, -0.2) is 0 Å². The van der Waals surface area contributed by atoms with Gasteiger partial charge in [0.25, 0.3) is 0 Å². The predicted octanol–water partition coefficient (Wildman–Crippen LogP) is 3.73. The van der Waals surface area contributed by atoms with E-state index in [9.17, 15) is 4.79 Å². The second kappa shape index (κ2) is 11.4. The standard InChI is InChI=1S/C24H33N3O2S/c1-26(17-21-8-4-5-12-25-21)23(16-19-7-6-9-22(15-19)29-2)20-10-13-27(14-11-20)24(28)18-30-3/h4-9,12,15,20,23H,10-11,13-14,16-18H2,1-3H3/t23-/m0/s1. The Labute approximate surface area is 184 Å². The third-order valence-electron chi connectivity index (χ3n) is 5.99. The quantitative estimate of drug-likeness (QED) is 0.610. The molecule has 1 aliphatic rings. The number of piperidine rings is 1. The van der Waals surface area contributed by atoms with Crippen LogP contribution < -0.4 is 4.74 Å². The highest BCUT2D eigenvalue weighted by molar-refractivity contribution is 7.99. The first-order chi connectivity index (χ1) is 14.6. The molecule has 6 heteroatoms. The number of amides is 1. The fraction of sp³-hybridized carbons (Fsp3) is 0.500. The maximum Gasteiger partial charge on any atom is 0.232 e. The highest BCUT2D eigenvalue weighted by Crippen LogP contribution is 2.28. The number of ether oxygens (including phenoxy) is 1. The molecule has 5 nitrogen and oxygen atoms in total. The summed E-state index contributed by atoms with van der Waals surface area (Å²) in [6, 6.07) is 14.8. The molecule has 1 amide bonds. The summed E-state index contributed by atoms with van der Waals surface area (Å²) in [6.07, 6.45) is 6.89. The van der Waals surface area contributed by atoms with Crippen LogP contribution in [0.3, 0.4) is 0 Å². The van der Waals surface area contributed by atoms with Crippen molar-refractivity contribution < 1.29 is 9.53 Å². The van der Waals surface area contributed by atoms with Gasteiger partial charge in [0, 0.05) is 31.9 Å². The number of pyridine rings is 1. The van der Waals surface area contributed by atoms with E-state index in [4.69, 9.17) is 4.74 Å². The monoisotopic (exact) mass is 427 g/mol. The number of likely N-dealkylation sites (tertiary alicyclic amines) is 1. The van der Waals surface area contributed by atoms with Gasteiger partial charge in [-0.15, -0.1) is 0 Å². The molecule has 30 heavy (non-hydrogen) atoms. The van der Waals surface area contributed by atoms with Crippen molar-refractivity contribution >= 4 is 17.7 Å². The topological polar surface area (TPSA) is 45.7 Å². The average molecular weight is 428 g/mol. The van der Waals surface area contributed by atoms with E-state index in [-0.39, 0.29) is 5.91 Å². The number of hydrogen-bond acceptors (Lipinski definition) is 5. The van der Waals surface area contributed by atoms with E-state index in [1.807, 2.05) is 35.6 Å². The molecule has 1 saturated heterocycles. The summed E-state index contributed by atoms with van der Waals surface area (Å²) < 4.78 is 5.43. The number of benzene rings is 1. The van der Waals surface area contributed by atoms with Gasteiger partial charge < -0.3 is 9.64 Å². The fourth-order valence-corrected chi connectivity index (χ4v) is 4.77. The number of rotatable bonds is 9. The van der Waals surface area contributed by atoms with Gasteiger partial charge in [-0.1, -0.05) is 18.2 Å². The van der Waals surface area contributed by atoms with Gasteiger partial charge in [0.05, 0.1) is 18.6 Å². The molecule has 0 spiro atoms. The molecule has 1 fully saturated rings. The summed E-state index contributed by atoms with van der Waals surface area (Å²) in [5, 5.41) is 0. The molecular weight excluding hydrogens is 394 g/mol. The van der Waals surface area contributed by atoms with Crippen molar-refractivity contribution in [3.63, 3.8) is 0 Å². The van der Waals surface area contributed by atoms with Crippen LogP contribution in [-0.2, 0) is 17.8 Å². The Morgan fingerprint density at radius 3 is 2.73 bits per heavy atom. The highest BCUT2D eigenvalue weighted by atomic mass is 32.2. The summed E-state index contributed by atoms with van der Waals surface area (Å²) in [7, 11) is 3.91. The van der Waals surface area contributed by atoms with Crippen molar-refractivity contribution in [2.24, 2.45) is 5.92 Å². The number of methoxy groups -OCH3 is 1. The van der Waals surface area contributed by atoms with Crippen LogP contribution in [0, 0.1) is 5.92 Å². The number of carbonyl (C=O) groups excluding carboxylic acids is 1. The lowest BCUT2D eigenvalue weighted by atomic mass is 9.85. The van der Waals surface area contributed by atoms with Crippen molar-refractivity contribution in [3.8, 4) is 5.75 Å². The third-order valence-corrected chi connectivity index (χ3v) is 6.52. The molecule has 1 atom stereocenters. The summed E-state index contributed by atoms with van der Waals surface area (Å²) in [6.45, 7) is 2.54. The van der Waals surface area contributed by atoms with Crippen molar-refractivity contribution in [3.05, 3.63) is 59.9 Å². The molecule has 2 heterocycles. The molecule has 0 aliphatic carbocycles. The first kappa shape index (κ1) is 22.6. The van der Waals surface area contributed by atoms with Crippen LogP contribution in [0.4, 0.5) is 0 Å². The Bertz CT molecular complexity index is 794. The first-order valence-electron chi connectivity index (χ1n) is 10.6. The van der Waals surface area contributed by atoms with Crippen LogP contribution >= 0.6 is 11.8 Å². The van der Waals surface area contributed by atoms with E-state index in [0.29, 0.717) is 17.7 Å². The maximum absolute atomic E-state index is 12.3. The SMILES string of the molecule is COc1cccc(C[C@@H](C2CCN(C(=O)CSC)CC2)N(C)Cc2ccccn2)c1. The molecule has 1 aromatic heterocycles. The summed E-state index contributed by atoms with van der Waals surface area (Å²) in [5.41, 5.74) is 2.37. The van der Waals surface area contributed by atoms with Crippen LogP contribution in [0.5, 0.6) is 5.75 Å². The molecule has 0 saturated carbocycles. The van der Waals surface area contributed by atoms with E-state index in [1.54, 1.807) is 18.9 Å². The van der Waals surface area contributed by atoms with Gasteiger partial charge in [-0.05, 0) is 68.3 Å². The summed E-state index contributed by atoms with van der Waals surface area (Å²) in [4.78, 5) is 21.3. The number of hydrogen-bond donors (Lipinski definition) is 0. The zero-order valence-electron chi connectivity index (χ0n) is 18.3.